The Bertz CT molecular complexity index is 557. The van der Waals surface area contributed by atoms with Crippen LogP contribution < -0.4 is 14.8 Å². The van der Waals surface area contributed by atoms with Gasteiger partial charge in [0.25, 0.3) is 0 Å². The van der Waals surface area contributed by atoms with Crippen molar-refractivity contribution >= 4 is 0 Å². The third-order valence-electron chi connectivity index (χ3n) is 5.77. The zero-order valence-corrected chi connectivity index (χ0v) is 14.5. The van der Waals surface area contributed by atoms with Crippen LogP contribution in [0.5, 0.6) is 11.5 Å². The molecule has 24 heavy (non-hydrogen) atoms. The standard InChI is InChI=1S/C19H28N2O3/c1-15-19(23-13-9-20-15)7-11-21(12-8-19)10-6-16-14-22-17-4-2-3-5-18(17)24-16/h2-5,15-16,20H,6-14H2,1H3. The van der Waals surface area contributed by atoms with E-state index >= 15 is 0 Å². The third kappa shape index (κ3) is 3.25. The van der Waals surface area contributed by atoms with Crippen LogP contribution in [0.15, 0.2) is 24.3 Å². The molecule has 2 atom stereocenters. The summed E-state index contributed by atoms with van der Waals surface area (Å²) in [5, 5.41) is 3.57. The number of para-hydroxylation sites is 2. The Kier molecular flexibility index (Phi) is 4.66. The van der Waals surface area contributed by atoms with Gasteiger partial charge in [0, 0.05) is 38.6 Å². The Labute approximate surface area is 144 Å². The number of benzene rings is 1. The summed E-state index contributed by atoms with van der Waals surface area (Å²) in [5.41, 5.74) is 0.0537. The fourth-order valence-electron chi connectivity index (χ4n) is 4.11. The summed E-state index contributed by atoms with van der Waals surface area (Å²) in [6.07, 6.45) is 3.40. The minimum absolute atomic E-state index is 0.0537. The highest BCUT2D eigenvalue weighted by Gasteiger charge is 2.42. The number of hydrogen-bond acceptors (Lipinski definition) is 5. The van der Waals surface area contributed by atoms with Crippen molar-refractivity contribution in [1.29, 1.82) is 0 Å². The molecule has 0 aliphatic carbocycles. The number of likely N-dealkylation sites (tertiary alicyclic amines) is 1. The molecule has 2 unspecified atom stereocenters. The molecule has 1 aromatic rings. The van der Waals surface area contributed by atoms with Crippen LogP contribution in [0.2, 0.25) is 0 Å². The molecule has 3 aliphatic heterocycles. The molecule has 3 aliphatic rings. The van der Waals surface area contributed by atoms with Crippen molar-refractivity contribution in [2.75, 3.05) is 39.4 Å². The van der Waals surface area contributed by atoms with E-state index in [1.54, 1.807) is 0 Å². The molecular formula is C19H28N2O3. The Morgan fingerprint density at radius 2 is 2.00 bits per heavy atom. The SMILES string of the molecule is CC1NCCOC12CCN(CCC1COc3ccccc3O1)CC2. The van der Waals surface area contributed by atoms with Crippen LogP contribution in [-0.2, 0) is 4.74 Å². The first-order valence-electron chi connectivity index (χ1n) is 9.23. The van der Waals surface area contributed by atoms with Crippen LogP contribution in [0.25, 0.3) is 0 Å². The van der Waals surface area contributed by atoms with Crippen LogP contribution in [0, 0.1) is 0 Å². The van der Waals surface area contributed by atoms with E-state index in [-0.39, 0.29) is 11.7 Å². The summed E-state index contributed by atoms with van der Waals surface area (Å²) in [5.74, 6) is 1.74. The van der Waals surface area contributed by atoms with Crippen LogP contribution >= 0.6 is 0 Å². The molecule has 5 heteroatoms. The van der Waals surface area contributed by atoms with Gasteiger partial charge >= 0.3 is 0 Å². The lowest BCUT2D eigenvalue weighted by Crippen LogP contribution is -2.61. The van der Waals surface area contributed by atoms with E-state index in [4.69, 9.17) is 14.2 Å². The fourth-order valence-corrected chi connectivity index (χ4v) is 4.11. The maximum absolute atomic E-state index is 6.17. The second-order valence-corrected chi connectivity index (χ2v) is 7.22. The van der Waals surface area contributed by atoms with Gasteiger partial charge in [-0.15, -0.1) is 0 Å². The maximum Gasteiger partial charge on any atom is 0.161 e. The van der Waals surface area contributed by atoms with Crippen LogP contribution in [0.4, 0.5) is 0 Å². The van der Waals surface area contributed by atoms with Gasteiger partial charge in [-0.3, -0.25) is 0 Å². The molecule has 1 N–H and O–H groups in total. The van der Waals surface area contributed by atoms with Crippen molar-refractivity contribution in [3.05, 3.63) is 24.3 Å². The van der Waals surface area contributed by atoms with Gasteiger partial charge in [-0.2, -0.15) is 0 Å². The second-order valence-electron chi connectivity index (χ2n) is 7.22. The smallest absolute Gasteiger partial charge is 0.161 e. The van der Waals surface area contributed by atoms with Crippen LogP contribution in [0.1, 0.15) is 26.2 Å². The van der Waals surface area contributed by atoms with Crippen molar-refractivity contribution in [2.24, 2.45) is 0 Å². The molecule has 0 aromatic heterocycles. The summed E-state index contributed by atoms with van der Waals surface area (Å²) in [6, 6.07) is 8.39. The molecule has 0 amide bonds. The lowest BCUT2D eigenvalue weighted by molar-refractivity contribution is -0.124. The van der Waals surface area contributed by atoms with Crippen LogP contribution in [-0.4, -0.2) is 62.0 Å². The van der Waals surface area contributed by atoms with Crippen molar-refractivity contribution in [3.63, 3.8) is 0 Å². The Hall–Kier alpha value is -1.30. The van der Waals surface area contributed by atoms with Gasteiger partial charge in [0.2, 0.25) is 0 Å². The Morgan fingerprint density at radius 3 is 2.79 bits per heavy atom. The fraction of sp³-hybridized carbons (Fsp3) is 0.684. The van der Waals surface area contributed by atoms with Gasteiger partial charge in [0.05, 0.1) is 12.2 Å². The average molecular weight is 332 g/mol. The van der Waals surface area contributed by atoms with Gasteiger partial charge < -0.3 is 24.4 Å². The molecule has 1 aromatic carbocycles. The molecule has 0 saturated carbocycles. The minimum Gasteiger partial charge on any atom is -0.486 e. The number of ether oxygens (including phenoxy) is 3. The normalized spacial score (nSPS) is 29.5. The number of piperidine rings is 1. The largest absolute Gasteiger partial charge is 0.486 e. The lowest BCUT2D eigenvalue weighted by atomic mass is 9.83. The van der Waals surface area contributed by atoms with Gasteiger partial charge in [-0.25, -0.2) is 0 Å². The Balaban J connectivity index is 1.25. The summed E-state index contributed by atoms with van der Waals surface area (Å²) in [7, 11) is 0. The predicted molar refractivity (Wildman–Crippen MR) is 92.8 cm³/mol. The number of hydrogen-bond donors (Lipinski definition) is 1. The van der Waals surface area contributed by atoms with E-state index in [2.05, 4.69) is 17.1 Å². The van der Waals surface area contributed by atoms with Gasteiger partial charge in [0.1, 0.15) is 12.7 Å². The number of nitrogens with one attached hydrogen (secondary N) is 1. The molecule has 2 fully saturated rings. The highest BCUT2D eigenvalue weighted by Crippen LogP contribution is 2.33. The Morgan fingerprint density at radius 1 is 1.21 bits per heavy atom. The number of rotatable bonds is 3. The first kappa shape index (κ1) is 16.2. The summed E-state index contributed by atoms with van der Waals surface area (Å²) in [6.45, 7) is 8.02. The van der Waals surface area contributed by atoms with E-state index in [0.29, 0.717) is 12.6 Å². The van der Waals surface area contributed by atoms with E-state index in [9.17, 15) is 0 Å². The lowest BCUT2D eigenvalue weighted by Gasteiger charge is -2.48. The van der Waals surface area contributed by atoms with Gasteiger partial charge in [-0.1, -0.05) is 12.1 Å². The highest BCUT2D eigenvalue weighted by molar-refractivity contribution is 5.40. The van der Waals surface area contributed by atoms with Crippen molar-refractivity contribution in [1.82, 2.24) is 10.2 Å². The number of morpholine rings is 1. The molecule has 3 heterocycles. The predicted octanol–water partition coefficient (Wildman–Crippen LogP) is 2.06. The molecule has 0 bridgehead atoms. The van der Waals surface area contributed by atoms with Crippen molar-refractivity contribution in [2.45, 2.75) is 43.9 Å². The number of nitrogens with zero attached hydrogens (tertiary/aromatic N) is 1. The van der Waals surface area contributed by atoms with E-state index in [0.717, 1.165) is 63.5 Å². The van der Waals surface area contributed by atoms with Gasteiger partial charge in [0.15, 0.2) is 11.5 Å². The van der Waals surface area contributed by atoms with Crippen molar-refractivity contribution < 1.29 is 14.2 Å². The first-order chi connectivity index (χ1) is 11.8. The quantitative estimate of drug-likeness (QED) is 0.918. The van der Waals surface area contributed by atoms with Gasteiger partial charge in [-0.05, 0) is 31.9 Å². The van der Waals surface area contributed by atoms with Crippen LogP contribution in [0.3, 0.4) is 0 Å². The zero-order chi connectivity index (χ0) is 16.4. The van der Waals surface area contributed by atoms with E-state index in [1.807, 2.05) is 24.3 Å². The molecule has 2 saturated heterocycles. The summed E-state index contributed by atoms with van der Waals surface area (Å²) in [4.78, 5) is 2.54. The zero-order valence-electron chi connectivity index (χ0n) is 14.5. The molecule has 0 radical (unpaired) electrons. The molecule has 1 spiro atoms. The van der Waals surface area contributed by atoms with E-state index < -0.39 is 0 Å². The highest BCUT2D eigenvalue weighted by atomic mass is 16.6. The summed E-state index contributed by atoms with van der Waals surface area (Å²) < 4.78 is 18.0. The third-order valence-corrected chi connectivity index (χ3v) is 5.77. The molecule has 5 nitrogen and oxygen atoms in total. The minimum atomic E-state index is 0.0537. The monoisotopic (exact) mass is 332 g/mol. The molecular weight excluding hydrogens is 304 g/mol. The molecule has 132 valence electrons. The first-order valence-corrected chi connectivity index (χ1v) is 9.23. The topological polar surface area (TPSA) is 43.0 Å². The summed E-state index contributed by atoms with van der Waals surface area (Å²) >= 11 is 0. The number of fused-ring (bicyclic) bond motifs is 1. The average Bonchev–Trinajstić information content (AvgIpc) is 2.64. The molecule has 4 rings (SSSR count). The van der Waals surface area contributed by atoms with E-state index in [1.165, 1.54) is 0 Å². The maximum atomic E-state index is 6.17. The second kappa shape index (κ2) is 6.90. The van der Waals surface area contributed by atoms with Crippen molar-refractivity contribution in [3.8, 4) is 11.5 Å².